The van der Waals surface area contributed by atoms with Gasteiger partial charge in [0.15, 0.2) is 5.16 Å². The van der Waals surface area contributed by atoms with E-state index in [1.165, 1.54) is 18.2 Å². The molecule has 2 aromatic rings. The Balaban J connectivity index is 1.86. The normalized spacial score (nSPS) is 18.1. The van der Waals surface area contributed by atoms with E-state index in [0.29, 0.717) is 27.9 Å². The molecule has 1 fully saturated rings. The van der Waals surface area contributed by atoms with Crippen LogP contribution in [0.15, 0.2) is 34.2 Å². The van der Waals surface area contributed by atoms with Crippen LogP contribution in [-0.4, -0.2) is 38.7 Å². The van der Waals surface area contributed by atoms with Gasteiger partial charge in [-0.15, -0.1) is 0 Å². The number of hydrogen-bond donors (Lipinski definition) is 0. The molecule has 0 bridgehead atoms. The topological polar surface area (TPSA) is 55.2 Å². The number of carbonyl (C=O) groups excluding carboxylic acids is 1. The zero-order chi connectivity index (χ0) is 18.0. The first-order chi connectivity index (χ1) is 12.0. The average molecular weight is 359 g/mol. The first-order valence-corrected chi connectivity index (χ1v) is 9.91. The van der Waals surface area contributed by atoms with Gasteiger partial charge in [-0.05, 0) is 52.2 Å². The Labute approximate surface area is 152 Å². The largest absolute Gasteiger partial charge is 0.339 e. The van der Waals surface area contributed by atoms with Gasteiger partial charge in [-0.1, -0.05) is 23.9 Å². The van der Waals surface area contributed by atoms with Crippen LogP contribution in [0.4, 0.5) is 0 Å². The zero-order valence-electron chi connectivity index (χ0n) is 15.1. The number of benzene rings is 1. The van der Waals surface area contributed by atoms with Gasteiger partial charge in [0.2, 0.25) is 5.91 Å². The Morgan fingerprint density at radius 1 is 1.32 bits per heavy atom. The number of piperidine rings is 1. The number of aromatic nitrogens is 2. The minimum absolute atomic E-state index is 0.00359. The fourth-order valence-corrected chi connectivity index (χ4v) is 4.37. The van der Waals surface area contributed by atoms with Crippen molar-refractivity contribution >= 4 is 28.6 Å². The molecule has 1 aliphatic heterocycles. The van der Waals surface area contributed by atoms with E-state index in [1.807, 2.05) is 36.9 Å². The molecule has 134 valence electrons. The summed E-state index contributed by atoms with van der Waals surface area (Å²) in [6, 6.07) is 7.68. The summed E-state index contributed by atoms with van der Waals surface area (Å²) in [7, 11) is 0. The van der Waals surface area contributed by atoms with E-state index >= 15 is 0 Å². The molecule has 2 heterocycles. The molecule has 1 aromatic heterocycles. The summed E-state index contributed by atoms with van der Waals surface area (Å²) in [5.41, 5.74) is 0.646. The predicted octanol–water partition coefficient (Wildman–Crippen LogP) is 3.47. The summed E-state index contributed by atoms with van der Waals surface area (Å²) in [4.78, 5) is 32.0. The highest BCUT2D eigenvalue weighted by Gasteiger charge is 2.24. The Hall–Kier alpha value is -1.82. The Kier molecular flexibility index (Phi) is 5.47. The Morgan fingerprint density at radius 2 is 2.08 bits per heavy atom. The lowest BCUT2D eigenvalue weighted by Gasteiger charge is -2.33. The van der Waals surface area contributed by atoms with Crippen LogP contribution in [0.5, 0.6) is 0 Å². The van der Waals surface area contributed by atoms with E-state index in [2.05, 4.69) is 11.9 Å². The van der Waals surface area contributed by atoms with Gasteiger partial charge in [-0.25, -0.2) is 4.98 Å². The maximum atomic E-state index is 12.8. The van der Waals surface area contributed by atoms with Gasteiger partial charge in [-0.3, -0.25) is 14.2 Å². The Bertz CT molecular complexity index is 831. The van der Waals surface area contributed by atoms with Gasteiger partial charge in [0, 0.05) is 18.6 Å². The van der Waals surface area contributed by atoms with Crippen molar-refractivity contribution in [3.05, 3.63) is 34.6 Å². The van der Waals surface area contributed by atoms with Crippen molar-refractivity contribution in [3.8, 4) is 0 Å². The minimum Gasteiger partial charge on any atom is -0.339 e. The van der Waals surface area contributed by atoms with Crippen LogP contribution in [0.2, 0.25) is 0 Å². The van der Waals surface area contributed by atoms with E-state index in [9.17, 15) is 9.59 Å². The summed E-state index contributed by atoms with van der Waals surface area (Å²) in [5, 5.41) is 1.24. The van der Waals surface area contributed by atoms with Crippen LogP contribution in [0.25, 0.3) is 10.9 Å². The van der Waals surface area contributed by atoms with Gasteiger partial charge >= 0.3 is 0 Å². The van der Waals surface area contributed by atoms with Crippen LogP contribution in [0.3, 0.4) is 0 Å². The van der Waals surface area contributed by atoms with Gasteiger partial charge in [-0.2, -0.15) is 0 Å². The highest BCUT2D eigenvalue weighted by Crippen LogP contribution is 2.23. The van der Waals surface area contributed by atoms with Gasteiger partial charge in [0.1, 0.15) is 0 Å². The molecule has 6 heteroatoms. The first-order valence-electron chi connectivity index (χ1n) is 8.92. The molecule has 5 nitrogen and oxygen atoms in total. The van der Waals surface area contributed by atoms with Crippen LogP contribution in [0.1, 0.15) is 46.1 Å². The quantitative estimate of drug-likeness (QED) is 0.620. The van der Waals surface area contributed by atoms with E-state index in [0.717, 1.165) is 19.4 Å². The molecule has 0 N–H and O–H groups in total. The van der Waals surface area contributed by atoms with Gasteiger partial charge in [0.05, 0.1) is 16.7 Å². The molecule has 25 heavy (non-hydrogen) atoms. The average Bonchev–Trinajstić information content (AvgIpc) is 2.60. The van der Waals surface area contributed by atoms with Crippen molar-refractivity contribution in [1.29, 1.82) is 0 Å². The SMILES string of the molecule is CC(C)n1c(SCC(=O)N2CCCC[C@H]2C)nc2ccccc2c1=O. The molecule has 0 aliphatic carbocycles. The zero-order valence-corrected chi connectivity index (χ0v) is 15.9. The maximum Gasteiger partial charge on any atom is 0.262 e. The lowest BCUT2D eigenvalue weighted by molar-refractivity contribution is -0.131. The number of fused-ring (bicyclic) bond motifs is 1. The first kappa shape index (κ1) is 18.0. The molecule has 3 rings (SSSR count). The second kappa shape index (κ2) is 7.60. The molecule has 1 amide bonds. The third-order valence-electron chi connectivity index (χ3n) is 4.74. The minimum atomic E-state index is -0.0399. The number of rotatable bonds is 4. The molecule has 1 aliphatic rings. The van der Waals surface area contributed by atoms with E-state index in [4.69, 9.17) is 0 Å². The Morgan fingerprint density at radius 3 is 2.80 bits per heavy atom. The number of nitrogens with zero attached hydrogens (tertiary/aromatic N) is 3. The number of amides is 1. The van der Waals surface area contributed by atoms with E-state index in [1.54, 1.807) is 10.6 Å². The molecule has 0 unspecified atom stereocenters. The number of hydrogen-bond acceptors (Lipinski definition) is 4. The van der Waals surface area contributed by atoms with Gasteiger partial charge < -0.3 is 4.90 Å². The molecule has 1 saturated heterocycles. The predicted molar refractivity (Wildman–Crippen MR) is 102 cm³/mol. The van der Waals surface area contributed by atoms with Crippen LogP contribution in [0, 0.1) is 0 Å². The summed E-state index contributed by atoms with van der Waals surface area (Å²) < 4.78 is 1.69. The highest BCUT2D eigenvalue weighted by atomic mass is 32.2. The molecular weight excluding hydrogens is 334 g/mol. The number of carbonyl (C=O) groups is 1. The monoisotopic (exact) mass is 359 g/mol. The van der Waals surface area contributed by atoms with E-state index in [-0.39, 0.29) is 17.5 Å². The molecular formula is C19H25N3O2S. The van der Waals surface area contributed by atoms with Crippen molar-refractivity contribution in [2.45, 2.75) is 57.3 Å². The van der Waals surface area contributed by atoms with Crippen molar-refractivity contribution < 1.29 is 4.79 Å². The molecule has 1 aromatic carbocycles. The number of para-hydroxylation sites is 1. The van der Waals surface area contributed by atoms with Gasteiger partial charge in [0.25, 0.3) is 5.56 Å². The van der Waals surface area contributed by atoms with Crippen molar-refractivity contribution in [3.63, 3.8) is 0 Å². The molecule has 0 radical (unpaired) electrons. The summed E-state index contributed by atoms with van der Waals surface area (Å²) in [6.07, 6.45) is 3.34. The molecule has 1 atom stereocenters. The fourth-order valence-electron chi connectivity index (χ4n) is 3.36. The van der Waals surface area contributed by atoms with Crippen molar-refractivity contribution in [2.75, 3.05) is 12.3 Å². The van der Waals surface area contributed by atoms with Crippen molar-refractivity contribution in [1.82, 2.24) is 14.5 Å². The number of likely N-dealkylation sites (tertiary alicyclic amines) is 1. The third kappa shape index (κ3) is 3.73. The number of thioether (sulfide) groups is 1. The van der Waals surface area contributed by atoms with Crippen LogP contribution < -0.4 is 5.56 Å². The van der Waals surface area contributed by atoms with Crippen molar-refractivity contribution in [2.24, 2.45) is 0 Å². The third-order valence-corrected chi connectivity index (χ3v) is 5.68. The van der Waals surface area contributed by atoms with Crippen LogP contribution >= 0.6 is 11.8 Å². The smallest absolute Gasteiger partial charge is 0.262 e. The molecule has 0 spiro atoms. The van der Waals surface area contributed by atoms with E-state index < -0.39 is 0 Å². The summed E-state index contributed by atoms with van der Waals surface area (Å²) >= 11 is 1.37. The second-order valence-corrected chi connectivity index (χ2v) is 7.84. The second-order valence-electron chi connectivity index (χ2n) is 6.90. The standard InChI is InChI=1S/C19H25N3O2S/c1-13(2)22-18(24)15-9-4-5-10-16(15)20-19(22)25-12-17(23)21-11-7-6-8-14(21)3/h4-5,9-10,13-14H,6-8,11-12H2,1-3H3/t14-/m1/s1. The lowest BCUT2D eigenvalue weighted by Crippen LogP contribution is -2.43. The maximum absolute atomic E-state index is 12.8. The fraction of sp³-hybridized carbons (Fsp3) is 0.526. The summed E-state index contributed by atoms with van der Waals surface area (Å²) in [5.74, 6) is 0.455. The summed E-state index contributed by atoms with van der Waals surface area (Å²) in [6.45, 7) is 6.88. The molecule has 0 saturated carbocycles. The van der Waals surface area contributed by atoms with Crippen LogP contribution in [-0.2, 0) is 4.79 Å². The highest BCUT2D eigenvalue weighted by molar-refractivity contribution is 7.99. The lowest BCUT2D eigenvalue weighted by atomic mass is 10.0.